The molecule has 1 radical (unpaired) electrons. The van der Waals surface area contributed by atoms with E-state index in [1.807, 2.05) is 0 Å². The van der Waals surface area contributed by atoms with Crippen LogP contribution < -0.4 is 0 Å². The number of hydrogen-bond acceptors (Lipinski definition) is 0. The van der Waals surface area contributed by atoms with Crippen molar-refractivity contribution in [2.75, 3.05) is 0 Å². The standard InChI is InChI=1S/C5H11BP/c7-6-5-3-1-2-4-5/h5H,1-4,7H2. The Hall–Kier alpha value is 0.495. The molecule has 7 heavy (non-hydrogen) atoms. The molecule has 0 nitrogen and oxygen atoms in total. The lowest BCUT2D eigenvalue weighted by molar-refractivity contribution is 0.877. The highest BCUT2D eigenvalue weighted by atomic mass is 31.0. The molecule has 0 saturated heterocycles. The molecule has 0 spiro atoms. The molecule has 0 N–H and O–H groups in total. The van der Waals surface area contributed by atoms with E-state index in [1.165, 1.54) is 25.7 Å². The third-order valence-electron chi connectivity index (χ3n) is 1.67. The highest BCUT2D eigenvalue weighted by Crippen LogP contribution is 2.29. The van der Waals surface area contributed by atoms with Crippen molar-refractivity contribution in [3.8, 4) is 0 Å². The first kappa shape index (κ1) is 5.63. The molecule has 0 aliphatic heterocycles. The summed E-state index contributed by atoms with van der Waals surface area (Å²) in [5.41, 5.74) is 0. The zero-order chi connectivity index (χ0) is 5.11. The Kier molecular flexibility index (Phi) is 2.19. The Bertz CT molecular complexity index is 50.0. The third kappa shape index (κ3) is 1.46. The van der Waals surface area contributed by atoms with Crippen LogP contribution in [0.15, 0.2) is 0 Å². The van der Waals surface area contributed by atoms with Crippen molar-refractivity contribution < 1.29 is 0 Å². The van der Waals surface area contributed by atoms with Crippen molar-refractivity contribution in [3.63, 3.8) is 0 Å². The van der Waals surface area contributed by atoms with Gasteiger partial charge in [-0.2, -0.15) is 9.12 Å². The van der Waals surface area contributed by atoms with Crippen LogP contribution in [0.1, 0.15) is 25.7 Å². The maximum absolute atomic E-state index is 2.70. The summed E-state index contributed by atoms with van der Waals surface area (Å²) < 4.78 is 0. The molecule has 0 amide bonds. The van der Waals surface area contributed by atoms with Crippen LogP contribution in [-0.4, -0.2) is 7.00 Å². The van der Waals surface area contributed by atoms with Gasteiger partial charge in [0.25, 0.3) is 0 Å². The van der Waals surface area contributed by atoms with Gasteiger partial charge in [0.2, 0.25) is 0 Å². The van der Waals surface area contributed by atoms with E-state index in [9.17, 15) is 0 Å². The van der Waals surface area contributed by atoms with Gasteiger partial charge in [0, 0.05) is 0 Å². The molecular formula is C5H11BP. The molecule has 1 fully saturated rings. The zero-order valence-electron chi connectivity index (χ0n) is 4.56. The molecule has 1 atom stereocenters. The molecule has 39 valence electrons. The van der Waals surface area contributed by atoms with E-state index in [1.54, 1.807) is 0 Å². The summed E-state index contributed by atoms with van der Waals surface area (Å²) in [6.45, 7) is 2.26. The summed E-state index contributed by atoms with van der Waals surface area (Å²) in [6.07, 6.45) is 5.78. The fourth-order valence-electron chi connectivity index (χ4n) is 1.15. The summed E-state index contributed by atoms with van der Waals surface area (Å²) in [4.78, 5) is 0. The Morgan fingerprint density at radius 2 is 1.86 bits per heavy atom. The van der Waals surface area contributed by atoms with Gasteiger partial charge in [-0.05, 0) is 0 Å². The van der Waals surface area contributed by atoms with Crippen molar-refractivity contribution in [2.24, 2.45) is 0 Å². The van der Waals surface area contributed by atoms with Crippen LogP contribution in [0.4, 0.5) is 0 Å². The largest absolute Gasteiger partial charge is 0.178 e. The molecule has 1 saturated carbocycles. The van der Waals surface area contributed by atoms with Gasteiger partial charge < -0.3 is 0 Å². The summed E-state index contributed by atoms with van der Waals surface area (Å²) >= 11 is 0. The Morgan fingerprint density at radius 3 is 2.14 bits per heavy atom. The molecule has 2 heteroatoms. The van der Waals surface area contributed by atoms with Gasteiger partial charge in [-0.1, -0.05) is 31.5 Å². The third-order valence-corrected chi connectivity index (χ3v) is 2.22. The van der Waals surface area contributed by atoms with Gasteiger partial charge in [0.1, 0.15) is 7.00 Å². The summed E-state index contributed by atoms with van der Waals surface area (Å²) in [5.74, 6) is 0.935. The van der Waals surface area contributed by atoms with Crippen LogP contribution >= 0.6 is 9.12 Å². The van der Waals surface area contributed by atoms with Crippen molar-refractivity contribution >= 4 is 16.1 Å². The fourth-order valence-corrected chi connectivity index (χ4v) is 1.53. The lowest BCUT2D eigenvalue weighted by atomic mass is 9.85. The molecule has 1 rings (SSSR count). The highest BCUT2D eigenvalue weighted by Gasteiger charge is 2.12. The molecule has 0 heterocycles. The second-order valence-corrected chi connectivity index (χ2v) is 2.62. The summed E-state index contributed by atoms with van der Waals surface area (Å²) in [6, 6.07) is 0. The minimum Gasteiger partial charge on any atom is -0.178 e. The molecule has 0 aromatic rings. The molecule has 0 aromatic heterocycles. The van der Waals surface area contributed by atoms with Gasteiger partial charge in [-0.15, -0.1) is 0 Å². The molecule has 0 bridgehead atoms. The first-order valence-electron chi connectivity index (χ1n) is 2.98. The van der Waals surface area contributed by atoms with Gasteiger partial charge in [0.05, 0.1) is 0 Å². The molecular weight excluding hydrogens is 102 g/mol. The number of rotatable bonds is 1. The second kappa shape index (κ2) is 2.72. The Morgan fingerprint density at radius 1 is 1.29 bits per heavy atom. The predicted octanol–water partition coefficient (Wildman–Crippen LogP) is 1.84. The quantitative estimate of drug-likeness (QED) is 0.359. The van der Waals surface area contributed by atoms with E-state index >= 15 is 0 Å². The highest BCUT2D eigenvalue weighted by molar-refractivity contribution is 7.56. The van der Waals surface area contributed by atoms with Crippen LogP contribution in [-0.2, 0) is 0 Å². The van der Waals surface area contributed by atoms with Crippen LogP contribution in [0.5, 0.6) is 0 Å². The lowest BCUT2D eigenvalue weighted by Crippen LogP contribution is -1.87. The smallest absolute Gasteiger partial charge is 0.141 e. The first-order valence-corrected chi connectivity index (χ1v) is 3.65. The van der Waals surface area contributed by atoms with Crippen molar-refractivity contribution in [1.82, 2.24) is 0 Å². The van der Waals surface area contributed by atoms with Crippen molar-refractivity contribution in [2.45, 2.75) is 31.5 Å². The fraction of sp³-hybridized carbons (Fsp3) is 1.00. The molecule has 0 aromatic carbocycles. The van der Waals surface area contributed by atoms with Gasteiger partial charge in [-0.3, -0.25) is 0 Å². The van der Waals surface area contributed by atoms with E-state index in [0.29, 0.717) is 0 Å². The average molecular weight is 113 g/mol. The topological polar surface area (TPSA) is 0 Å². The van der Waals surface area contributed by atoms with Crippen LogP contribution in [0.3, 0.4) is 0 Å². The predicted molar refractivity (Wildman–Crippen MR) is 37.7 cm³/mol. The number of hydrogen-bond donors (Lipinski definition) is 0. The minimum absolute atomic E-state index is 0.935. The maximum Gasteiger partial charge on any atom is 0.141 e. The van der Waals surface area contributed by atoms with E-state index in [2.05, 4.69) is 16.1 Å². The SMILES string of the molecule is P[B]C1CCCC1. The molecule has 1 aliphatic carbocycles. The summed E-state index contributed by atoms with van der Waals surface area (Å²) in [7, 11) is 2.70. The molecule has 1 aliphatic rings. The van der Waals surface area contributed by atoms with Crippen molar-refractivity contribution in [1.29, 1.82) is 0 Å². The maximum atomic E-state index is 2.70. The zero-order valence-corrected chi connectivity index (χ0v) is 5.72. The lowest BCUT2D eigenvalue weighted by Gasteiger charge is -1.97. The first-order chi connectivity index (χ1) is 3.43. The van der Waals surface area contributed by atoms with Crippen LogP contribution in [0, 0.1) is 0 Å². The van der Waals surface area contributed by atoms with E-state index in [-0.39, 0.29) is 0 Å². The summed E-state index contributed by atoms with van der Waals surface area (Å²) in [5, 5.41) is 0. The van der Waals surface area contributed by atoms with Gasteiger partial charge in [0.15, 0.2) is 0 Å². The normalized spacial score (nSPS) is 23.0. The second-order valence-electron chi connectivity index (χ2n) is 2.24. The van der Waals surface area contributed by atoms with Crippen molar-refractivity contribution in [3.05, 3.63) is 0 Å². The average Bonchev–Trinajstić information content (AvgIpc) is 2.14. The Balaban J connectivity index is 2.14. The van der Waals surface area contributed by atoms with E-state index in [0.717, 1.165) is 5.82 Å². The van der Waals surface area contributed by atoms with E-state index in [4.69, 9.17) is 0 Å². The van der Waals surface area contributed by atoms with Gasteiger partial charge in [-0.25, -0.2) is 0 Å². The molecule has 1 unspecified atom stereocenters. The van der Waals surface area contributed by atoms with Gasteiger partial charge >= 0.3 is 0 Å². The Labute approximate surface area is 48.5 Å². The van der Waals surface area contributed by atoms with Crippen LogP contribution in [0.25, 0.3) is 0 Å². The van der Waals surface area contributed by atoms with Crippen LogP contribution in [0.2, 0.25) is 5.82 Å². The van der Waals surface area contributed by atoms with E-state index < -0.39 is 0 Å². The monoisotopic (exact) mass is 113 g/mol. The minimum atomic E-state index is 0.935.